The van der Waals surface area contributed by atoms with Gasteiger partial charge in [0.25, 0.3) is 0 Å². The summed E-state index contributed by atoms with van der Waals surface area (Å²) in [6, 6.07) is 12.0. The molecule has 0 spiro atoms. The standard InChI is InChI=1S/C6H15N5.C6H6.ClH/c1-2-3-4-10-6(9)11-5(7)8;1-2-4-6-5-3-1;/h2-4H2,1H3,(H6,7,8,9,10,11);1-6H;1H. The lowest BCUT2D eigenvalue weighted by molar-refractivity contribution is 0.744. The molecule has 0 unspecified atom stereocenters. The van der Waals surface area contributed by atoms with E-state index in [0.717, 1.165) is 19.4 Å². The van der Waals surface area contributed by atoms with E-state index in [1.165, 1.54) is 0 Å². The second kappa shape index (κ2) is 13.3. The fourth-order valence-electron chi connectivity index (χ4n) is 0.954. The zero-order chi connectivity index (χ0) is 12.9. The van der Waals surface area contributed by atoms with Crippen LogP contribution < -0.4 is 16.4 Å². The van der Waals surface area contributed by atoms with Crippen LogP contribution in [0.4, 0.5) is 0 Å². The minimum absolute atomic E-state index is 0. The minimum Gasteiger partial charge on any atom is -0.370 e. The molecule has 0 aliphatic heterocycles. The maximum absolute atomic E-state index is 7.15. The summed E-state index contributed by atoms with van der Waals surface area (Å²) in [6.45, 7) is 2.82. The summed E-state index contributed by atoms with van der Waals surface area (Å²) in [7, 11) is 0. The van der Waals surface area contributed by atoms with Gasteiger partial charge in [-0.3, -0.25) is 16.1 Å². The van der Waals surface area contributed by atoms with E-state index in [1.807, 2.05) is 36.4 Å². The average molecular weight is 272 g/mol. The number of rotatable bonds is 3. The molecule has 6 heteroatoms. The monoisotopic (exact) mass is 271 g/mol. The first-order valence-corrected chi connectivity index (χ1v) is 5.60. The fraction of sp³-hybridized carbons (Fsp3) is 0.333. The van der Waals surface area contributed by atoms with Crippen LogP contribution in [-0.2, 0) is 0 Å². The van der Waals surface area contributed by atoms with Crippen LogP contribution in [0.25, 0.3) is 0 Å². The van der Waals surface area contributed by atoms with Crippen LogP contribution in [-0.4, -0.2) is 18.5 Å². The van der Waals surface area contributed by atoms with Crippen LogP contribution >= 0.6 is 12.4 Å². The minimum atomic E-state index is -0.209. The highest BCUT2D eigenvalue weighted by molar-refractivity contribution is 5.94. The molecule has 18 heavy (non-hydrogen) atoms. The van der Waals surface area contributed by atoms with E-state index in [2.05, 4.69) is 17.6 Å². The molecule has 1 aromatic rings. The lowest BCUT2D eigenvalue weighted by atomic mass is 10.3. The van der Waals surface area contributed by atoms with Crippen molar-refractivity contribution in [1.82, 2.24) is 10.6 Å². The molecule has 0 heterocycles. The van der Waals surface area contributed by atoms with Gasteiger partial charge in [0.05, 0.1) is 0 Å². The third-order valence-electron chi connectivity index (χ3n) is 1.76. The van der Waals surface area contributed by atoms with E-state index in [1.54, 1.807) is 0 Å². The Balaban J connectivity index is 0. The molecule has 5 nitrogen and oxygen atoms in total. The summed E-state index contributed by atoms with van der Waals surface area (Å²) in [6.07, 6.45) is 2.10. The molecular formula is C12H22ClN5. The van der Waals surface area contributed by atoms with Crippen LogP contribution in [0.15, 0.2) is 36.4 Å². The number of halogens is 1. The summed E-state index contributed by atoms with van der Waals surface area (Å²) in [4.78, 5) is 0. The summed E-state index contributed by atoms with van der Waals surface area (Å²) in [5, 5.41) is 19.0. The van der Waals surface area contributed by atoms with Gasteiger partial charge in [-0.05, 0) is 6.42 Å². The number of nitrogens with two attached hydrogens (primary N) is 1. The molecule has 0 atom stereocenters. The third kappa shape index (κ3) is 14.2. The Morgan fingerprint density at radius 1 is 1.06 bits per heavy atom. The van der Waals surface area contributed by atoms with Gasteiger partial charge in [0.1, 0.15) is 0 Å². The van der Waals surface area contributed by atoms with Gasteiger partial charge in [0, 0.05) is 6.54 Å². The molecule has 0 aromatic heterocycles. The van der Waals surface area contributed by atoms with Gasteiger partial charge in [0.15, 0.2) is 11.9 Å². The SMILES string of the molecule is CCCCNC(=N)NC(=N)N.Cl.c1ccccc1. The van der Waals surface area contributed by atoms with Crippen LogP contribution in [0.3, 0.4) is 0 Å². The number of benzene rings is 1. The fourth-order valence-corrected chi connectivity index (χ4v) is 0.954. The maximum Gasteiger partial charge on any atom is 0.195 e. The second-order valence-corrected chi connectivity index (χ2v) is 3.35. The molecule has 0 aliphatic carbocycles. The number of unbranched alkanes of at least 4 members (excludes halogenated alkanes) is 1. The van der Waals surface area contributed by atoms with Crippen molar-refractivity contribution in [3.05, 3.63) is 36.4 Å². The maximum atomic E-state index is 7.15. The summed E-state index contributed by atoms with van der Waals surface area (Å²) >= 11 is 0. The van der Waals surface area contributed by atoms with Gasteiger partial charge in [-0.25, -0.2) is 0 Å². The highest BCUT2D eigenvalue weighted by atomic mass is 35.5. The van der Waals surface area contributed by atoms with E-state index in [-0.39, 0.29) is 24.3 Å². The zero-order valence-electron chi connectivity index (χ0n) is 10.6. The smallest absolute Gasteiger partial charge is 0.195 e. The summed E-state index contributed by atoms with van der Waals surface area (Å²) in [5.41, 5.74) is 4.99. The molecule has 1 rings (SSSR count). The van der Waals surface area contributed by atoms with Gasteiger partial charge in [-0.1, -0.05) is 49.7 Å². The van der Waals surface area contributed by atoms with E-state index in [4.69, 9.17) is 16.6 Å². The molecule has 0 radical (unpaired) electrons. The van der Waals surface area contributed by atoms with Crippen molar-refractivity contribution in [1.29, 1.82) is 10.8 Å². The van der Waals surface area contributed by atoms with Crippen molar-refractivity contribution in [2.75, 3.05) is 6.54 Å². The van der Waals surface area contributed by atoms with Crippen molar-refractivity contribution >= 4 is 24.3 Å². The van der Waals surface area contributed by atoms with Crippen LogP contribution in [0.5, 0.6) is 0 Å². The summed E-state index contributed by atoms with van der Waals surface area (Å²) in [5.74, 6) is -0.120. The van der Waals surface area contributed by atoms with Gasteiger partial charge in [-0.15, -0.1) is 12.4 Å². The number of nitrogens with one attached hydrogen (secondary N) is 4. The van der Waals surface area contributed by atoms with E-state index >= 15 is 0 Å². The van der Waals surface area contributed by atoms with Crippen LogP contribution in [0, 0.1) is 10.8 Å². The molecular weight excluding hydrogens is 250 g/mol. The van der Waals surface area contributed by atoms with Crippen molar-refractivity contribution in [3.8, 4) is 0 Å². The zero-order valence-corrected chi connectivity index (χ0v) is 11.4. The van der Waals surface area contributed by atoms with Gasteiger partial charge < -0.3 is 11.1 Å². The average Bonchev–Trinajstić information content (AvgIpc) is 2.31. The Hall–Kier alpha value is -1.75. The molecule has 0 bridgehead atoms. The Labute approximate surface area is 115 Å². The first-order valence-electron chi connectivity index (χ1n) is 5.60. The molecule has 6 N–H and O–H groups in total. The van der Waals surface area contributed by atoms with Gasteiger partial charge in [-0.2, -0.15) is 0 Å². The highest BCUT2D eigenvalue weighted by Gasteiger charge is 1.93. The largest absolute Gasteiger partial charge is 0.370 e. The third-order valence-corrected chi connectivity index (χ3v) is 1.76. The molecule has 0 fully saturated rings. The Kier molecular flexibility index (Phi) is 13.8. The molecule has 102 valence electrons. The Morgan fingerprint density at radius 3 is 1.83 bits per heavy atom. The molecule has 0 saturated carbocycles. The lowest BCUT2D eigenvalue weighted by Gasteiger charge is -2.06. The van der Waals surface area contributed by atoms with E-state index in [0.29, 0.717) is 0 Å². The summed E-state index contributed by atoms with van der Waals surface area (Å²) < 4.78 is 0. The molecule has 1 aromatic carbocycles. The quantitative estimate of drug-likeness (QED) is 0.330. The van der Waals surface area contributed by atoms with Gasteiger partial charge in [0.2, 0.25) is 0 Å². The predicted octanol–water partition coefficient (Wildman–Crippen LogP) is 1.90. The van der Waals surface area contributed by atoms with Crippen LogP contribution in [0.2, 0.25) is 0 Å². The topological polar surface area (TPSA) is 97.8 Å². The van der Waals surface area contributed by atoms with Crippen molar-refractivity contribution < 1.29 is 0 Å². The second-order valence-electron chi connectivity index (χ2n) is 3.35. The van der Waals surface area contributed by atoms with Crippen molar-refractivity contribution in [2.45, 2.75) is 19.8 Å². The Morgan fingerprint density at radius 2 is 1.50 bits per heavy atom. The first kappa shape index (κ1) is 18.6. The molecule has 0 aliphatic rings. The first-order chi connectivity index (χ1) is 8.16. The van der Waals surface area contributed by atoms with E-state index in [9.17, 15) is 0 Å². The van der Waals surface area contributed by atoms with Gasteiger partial charge >= 0.3 is 0 Å². The Bertz CT molecular complexity index is 289. The molecule has 0 amide bonds. The molecule has 0 saturated heterocycles. The number of guanidine groups is 2. The van der Waals surface area contributed by atoms with Crippen molar-refractivity contribution in [2.24, 2.45) is 5.73 Å². The number of hydrogen-bond donors (Lipinski definition) is 5. The van der Waals surface area contributed by atoms with E-state index < -0.39 is 0 Å². The normalized spacial score (nSPS) is 8.06. The van der Waals surface area contributed by atoms with Crippen LogP contribution in [0.1, 0.15) is 19.8 Å². The highest BCUT2D eigenvalue weighted by Crippen LogP contribution is 1.81. The number of hydrogen-bond acceptors (Lipinski definition) is 2. The predicted molar refractivity (Wildman–Crippen MR) is 79.4 cm³/mol. The van der Waals surface area contributed by atoms with Crippen molar-refractivity contribution in [3.63, 3.8) is 0 Å². The lowest BCUT2D eigenvalue weighted by Crippen LogP contribution is -2.43.